The van der Waals surface area contributed by atoms with Gasteiger partial charge in [0.15, 0.2) is 0 Å². The summed E-state index contributed by atoms with van der Waals surface area (Å²) in [6.07, 6.45) is 0. The van der Waals surface area contributed by atoms with E-state index in [2.05, 4.69) is 0 Å². The van der Waals surface area contributed by atoms with Crippen molar-refractivity contribution in [3.05, 3.63) is 0 Å². The Kier molecular flexibility index (Phi) is 56.7. The third-order valence-electron chi connectivity index (χ3n) is 0. The molecule has 0 spiro atoms. The van der Waals surface area contributed by atoms with Crippen LogP contribution in [0.1, 0.15) is 2.85 Å². The maximum absolute atomic E-state index is 8.52. The van der Waals surface area contributed by atoms with Gasteiger partial charge in [-0.3, -0.25) is 0 Å². The zero-order chi connectivity index (χ0) is 6.28. The van der Waals surface area contributed by atoms with E-state index in [0.29, 0.717) is 0 Å². The van der Waals surface area contributed by atoms with Crippen LogP contribution in [0.15, 0.2) is 0 Å². The monoisotopic (exact) mass is 370 g/mol. The molecule has 0 saturated carbocycles. The molecule has 5 nitrogen and oxygen atoms in total. The maximum atomic E-state index is 8.52. The first kappa shape index (κ1) is 22.4. The third-order valence-corrected chi connectivity index (χ3v) is 0. The summed E-state index contributed by atoms with van der Waals surface area (Å²) in [4.78, 5) is 17.0. The van der Waals surface area contributed by atoms with Gasteiger partial charge in [-0.05, 0) is 0 Å². The molecule has 0 aliphatic rings. The van der Waals surface area contributed by atoms with E-state index in [1.807, 2.05) is 0 Å². The van der Waals surface area contributed by atoms with E-state index in [9.17, 15) is 0 Å². The Morgan fingerprint density at radius 3 is 1.44 bits per heavy atom. The predicted octanol–water partition coefficient (Wildman–Crippen LogP) is -5.10. The molecular formula is H2AlBiMgO5Si. The molecule has 0 atom stereocenters. The van der Waals surface area contributed by atoms with Crippen molar-refractivity contribution in [1.29, 1.82) is 0 Å². The fourth-order valence-electron chi connectivity index (χ4n) is 0. The molecule has 46 valence electrons. The van der Waals surface area contributed by atoms with Crippen molar-refractivity contribution in [1.82, 2.24) is 0 Å². The van der Waals surface area contributed by atoms with Crippen molar-refractivity contribution in [3.8, 4) is 0 Å². The first-order valence-corrected chi connectivity index (χ1v) is 3.25. The molecule has 9 heavy (non-hydrogen) atoms. The van der Waals surface area contributed by atoms with Gasteiger partial charge in [-0.2, -0.15) is 0 Å². The molecule has 0 N–H and O–H groups in total. The van der Waals surface area contributed by atoms with E-state index in [4.69, 9.17) is 22.0 Å². The summed E-state index contributed by atoms with van der Waals surface area (Å²) >= 11 is -1.75. The van der Waals surface area contributed by atoms with Gasteiger partial charge in [-0.15, -0.1) is 0 Å². The topological polar surface area (TPSA) is 103 Å². The summed E-state index contributed by atoms with van der Waals surface area (Å²) in [5.74, 6) is 0. The van der Waals surface area contributed by atoms with Gasteiger partial charge < -0.3 is 16.9 Å². The molecule has 0 saturated heterocycles. The van der Waals surface area contributed by atoms with Crippen molar-refractivity contribution in [3.63, 3.8) is 0 Å². The van der Waals surface area contributed by atoms with Crippen LogP contribution in [0.3, 0.4) is 0 Å². The molecule has 0 fully saturated rings. The Labute approximate surface area is 97.9 Å². The molecule has 0 bridgehead atoms. The van der Waals surface area contributed by atoms with Crippen molar-refractivity contribution in [2.75, 3.05) is 0 Å². The van der Waals surface area contributed by atoms with Gasteiger partial charge in [0.1, 0.15) is 0 Å². The Morgan fingerprint density at radius 1 is 1.44 bits per heavy atom. The van der Waals surface area contributed by atoms with E-state index in [1.165, 1.54) is 0 Å². The second-order valence-corrected chi connectivity index (χ2v) is 1.04. The molecule has 0 aliphatic heterocycles. The molecule has 9 heteroatoms. The zero-order valence-electron chi connectivity index (χ0n) is 6.27. The van der Waals surface area contributed by atoms with Crippen LogP contribution in [-0.4, -0.2) is 73.9 Å². The van der Waals surface area contributed by atoms with Gasteiger partial charge in [0.2, 0.25) is 0 Å². The quantitative estimate of drug-likeness (QED) is 0.397. The first-order valence-electron chi connectivity index (χ1n) is 1.08. The molecule has 0 amide bonds. The summed E-state index contributed by atoms with van der Waals surface area (Å²) in [5.41, 5.74) is 0. The SMILES string of the molecule is O=[Si]([O-])[O-].[Bi+3].[H-].[H-].[Mg+2].[O]=[Al][O-]. The molecular weight excluding hydrogens is 368 g/mol. The second kappa shape index (κ2) is 22.7. The van der Waals surface area contributed by atoms with Gasteiger partial charge in [0.05, 0.1) is 0 Å². The summed E-state index contributed by atoms with van der Waals surface area (Å²) in [5, 5.41) is 0. The number of hydrogen-bond acceptors (Lipinski definition) is 5. The molecule has 0 aromatic rings. The van der Waals surface area contributed by atoms with Crippen LogP contribution >= 0.6 is 0 Å². The number of hydrogen-bond donors (Lipinski definition) is 0. The number of rotatable bonds is 0. The van der Waals surface area contributed by atoms with Crippen molar-refractivity contribution >= 4 is 73.9 Å². The van der Waals surface area contributed by atoms with E-state index >= 15 is 0 Å². The standard InChI is InChI=1S/Al.Bi.Mg.O3Si.2O.2H/c;;;1-4(2)3;;;;/q;+3;+2;-2;;3*-1. The minimum atomic E-state index is -3.63. The van der Waals surface area contributed by atoms with Crippen LogP contribution in [0.5, 0.6) is 0 Å². The van der Waals surface area contributed by atoms with Crippen LogP contribution in [0, 0.1) is 0 Å². The van der Waals surface area contributed by atoms with Gasteiger partial charge in [-0.1, -0.05) is 0 Å². The van der Waals surface area contributed by atoms with Crippen LogP contribution in [0.4, 0.5) is 0 Å². The summed E-state index contributed by atoms with van der Waals surface area (Å²) in [6, 6.07) is 0. The predicted molar refractivity (Wildman–Crippen MR) is 26.6 cm³/mol. The van der Waals surface area contributed by atoms with Crippen LogP contribution in [-0.2, 0) is 8.27 Å². The first-order chi connectivity index (χ1) is 3.15. The Balaban J connectivity index is -0.00000000848. The Morgan fingerprint density at radius 2 is 1.44 bits per heavy atom. The van der Waals surface area contributed by atoms with Gasteiger partial charge in [0, 0.05) is 9.17 Å². The van der Waals surface area contributed by atoms with E-state index in [1.54, 1.807) is 0 Å². The Bertz CT molecular complexity index is 71.5. The van der Waals surface area contributed by atoms with E-state index < -0.39 is 24.7 Å². The summed E-state index contributed by atoms with van der Waals surface area (Å²) in [7, 11) is -3.63. The fourth-order valence-corrected chi connectivity index (χ4v) is 0. The Hall–Kier alpha value is 1.40. The van der Waals surface area contributed by atoms with Gasteiger partial charge in [-0.25, -0.2) is 0 Å². The second-order valence-electron chi connectivity index (χ2n) is 0.346. The van der Waals surface area contributed by atoms with E-state index in [-0.39, 0.29) is 52.1 Å². The van der Waals surface area contributed by atoms with Crippen LogP contribution < -0.4 is 13.7 Å². The molecule has 0 heterocycles. The zero-order valence-corrected chi connectivity index (χ0v) is 11.3. The summed E-state index contributed by atoms with van der Waals surface area (Å²) < 4.78 is 25.4. The average molecular weight is 370 g/mol. The molecule has 0 aromatic heterocycles. The van der Waals surface area contributed by atoms with Gasteiger partial charge in [0.25, 0.3) is 0 Å². The molecule has 2 radical (unpaired) electrons. The van der Waals surface area contributed by atoms with Crippen LogP contribution in [0.2, 0.25) is 0 Å². The van der Waals surface area contributed by atoms with Crippen molar-refractivity contribution < 1.29 is 24.9 Å². The third kappa shape index (κ3) is 263. The normalized spacial score (nSPS) is 3.56. The summed E-state index contributed by atoms with van der Waals surface area (Å²) in [6.45, 7) is 0. The van der Waals surface area contributed by atoms with Crippen molar-refractivity contribution in [2.45, 2.75) is 0 Å². The molecule has 0 rings (SSSR count). The fraction of sp³-hybridized carbons (Fsp3) is 0. The average Bonchev–Trinajstić information content (AvgIpc) is 1.33. The van der Waals surface area contributed by atoms with Gasteiger partial charge >= 0.3 is 72.7 Å². The minimum absolute atomic E-state index is 0. The van der Waals surface area contributed by atoms with Crippen LogP contribution in [0.25, 0.3) is 0 Å². The molecule has 0 aromatic carbocycles. The van der Waals surface area contributed by atoms with E-state index in [0.717, 1.165) is 0 Å². The molecule has 0 unspecified atom stereocenters. The molecule has 0 aliphatic carbocycles. The van der Waals surface area contributed by atoms with Crippen molar-refractivity contribution in [2.24, 2.45) is 0 Å².